The first-order chi connectivity index (χ1) is 7.00. The van der Waals surface area contributed by atoms with E-state index in [9.17, 15) is 9.59 Å². The number of hydrogen-bond acceptors (Lipinski definition) is 2. The Bertz CT molecular complexity index is 406. The average molecular weight is 249 g/mol. The highest BCUT2D eigenvalue weighted by molar-refractivity contribution is 6.35. The SMILES string of the molecule is O=C([OH2+])CNC(=O)c1cc(Cl)ccc1Cl. The Kier molecular flexibility index (Phi) is 3.94. The Balaban J connectivity index is 2.81. The van der Waals surface area contributed by atoms with Crippen molar-refractivity contribution in [1.29, 1.82) is 0 Å². The lowest BCUT2D eigenvalue weighted by Crippen LogP contribution is -2.29. The van der Waals surface area contributed by atoms with E-state index in [0.29, 0.717) is 5.02 Å². The third kappa shape index (κ3) is 3.42. The van der Waals surface area contributed by atoms with Crippen LogP contribution in [0.2, 0.25) is 10.0 Å². The van der Waals surface area contributed by atoms with Gasteiger partial charge in [-0.1, -0.05) is 23.2 Å². The van der Waals surface area contributed by atoms with Crippen molar-refractivity contribution in [3.63, 3.8) is 0 Å². The fourth-order valence-electron chi connectivity index (χ4n) is 0.927. The Morgan fingerprint density at radius 2 is 2.00 bits per heavy atom. The largest absolute Gasteiger partial charge is 0.563 e. The second-order valence-electron chi connectivity index (χ2n) is 2.73. The molecular formula is C9H8Cl2NO3+. The van der Waals surface area contributed by atoms with E-state index in [-0.39, 0.29) is 17.1 Å². The molecule has 0 bridgehead atoms. The van der Waals surface area contributed by atoms with E-state index in [1.54, 1.807) is 6.07 Å². The van der Waals surface area contributed by atoms with Gasteiger partial charge in [-0.2, -0.15) is 0 Å². The van der Waals surface area contributed by atoms with Crippen molar-refractivity contribution in [2.24, 2.45) is 0 Å². The first kappa shape index (κ1) is 11.8. The van der Waals surface area contributed by atoms with Gasteiger partial charge in [0.05, 0.1) is 10.6 Å². The van der Waals surface area contributed by atoms with E-state index in [1.807, 2.05) is 0 Å². The molecule has 0 saturated carbocycles. The van der Waals surface area contributed by atoms with Gasteiger partial charge in [-0.25, -0.2) is 0 Å². The maximum Gasteiger partial charge on any atom is 0.535 e. The van der Waals surface area contributed by atoms with Crippen molar-refractivity contribution >= 4 is 35.1 Å². The van der Waals surface area contributed by atoms with Crippen LogP contribution in [0.1, 0.15) is 10.4 Å². The van der Waals surface area contributed by atoms with Crippen LogP contribution < -0.4 is 5.32 Å². The summed E-state index contributed by atoms with van der Waals surface area (Å²) in [7, 11) is 0. The lowest BCUT2D eigenvalue weighted by atomic mass is 10.2. The molecular weight excluding hydrogens is 241 g/mol. The lowest BCUT2D eigenvalue weighted by Gasteiger charge is -2.03. The first-order valence-electron chi connectivity index (χ1n) is 3.98. The standard InChI is InChI=1S/C9H7Cl2NO3/c10-5-1-2-7(11)6(3-5)9(15)12-4-8(13)14/h1-3H,4H2,(H,12,15)(H,13,14)/p+1. The molecule has 0 aliphatic carbocycles. The van der Waals surface area contributed by atoms with Crippen LogP contribution in [0.15, 0.2) is 18.2 Å². The zero-order valence-corrected chi connectivity index (χ0v) is 9.02. The second kappa shape index (κ2) is 5.00. The van der Waals surface area contributed by atoms with Crippen LogP contribution in [-0.4, -0.2) is 23.5 Å². The summed E-state index contributed by atoms with van der Waals surface area (Å²) in [5, 5.41) is 9.49. The van der Waals surface area contributed by atoms with Gasteiger partial charge in [0.2, 0.25) is 0 Å². The van der Waals surface area contributed by atoms with Crippen molar-refractivity contribution in [3.05, 3.63) is 33.8 Å². The van der Waals surface area contributed by atoms with Crippen molar-refractivity contribution in [2.45, 2.75) is 0 Å². The number of hydrogen-bond donors (Lipinski definition) is 1. The highest BCUT2D eigenvalue weighted by atomic mass is 35.5. The number of benzene rings is 1. The Labute approximate surface area is 95.8 Å². The molecule has 1 amide bonds. The predicted molar refractivity (Wildman–Crippen MR) is 57.4 cm³/mol. The van der Waals surface area contributed by atoms with E-state index in [4.69, 9.17) is 28.3 Å². The molecule has 0 aliphatic heterocycles. The van der Waals surface area contributed by atoms with E-state index >= 15 is 0 Å². The summed E-state index contributed by atoms with van der Waals surface area (Å²) in [4.78, 5) is 21.8. The molecule has 3 N–H and O–H groups in total. The lowest BCUT2D eigenvalue weighted by molar-refractivity contribution is -0.135. The summed E-state index contributed by atoms with van der Waals surface area (Å²) < 4.78 is 0. The molecule has 0 unspecified atom stereocenters. The number of carbonyl (C=O) groups is 2. The van der Waals surface area contributed by atoms with Crippen molar-refractivity contribution < 1.29 is 14.7 Å². The van der Waals surface area contributed by atoms with Gasteiger partial charge >= 0.3 is 5.97 Å². The van der Waals surface area contributed by atoms with Gasteiger partial charge in [0, 0.05) is 9.82 Å². The third-order valence-electron chi connectivity index (χ3n) is 1.58. The predicted octanol–water partition coefficient (Wildman–Crippen LogP) is 0.974. The molecule has 1 aromatic carbocycles. The molecule has 6 heteroatoms. The Morgan fingerprint density at radius 3 is 2.60 bits per heavy atom. The van der Waals surface area contributed by atoms with Crippen molar-refractivity contribution in [1.82, 2.24) is 5.32 Å². The Hall–Kier alpha value is -1.26. The zero-order chi connectivity index (χ0) is 11.4. The Morgan fingerprint density at radius 1 is 1.33 bits per heavy atom. The molecule has 0 atom stereocenters. The fraction of sp³-hybridized carbons (Fsp3) is 0.111. The van der Waals surface area contributed by atoms with Crippen LogP contribution in [0, 0.1) is 0 Å². The van der Waals surface area contributed by atoms with Gasteiger partial charge < -0.3 is 10.4 Å². The van der Waals surface area contributed by atoms with E-state index in [1.165, 1.54) is 12.1 Å². The summed E-state index contributed by atoms with van der Waals surface area (Å²) >= 11 is 11.4. The molecule has 0 spiro atoms. The number of nitrogens with one attached hydrogen (secondary N) is 1. The molecule has 0 aliphatic rings. The highest BCUT2D eigenvalue weighted by Gasteiger charge is 2.13. The molecule has 0 aromatic heterocycles. The summed E-state index contributed by atoms with van der Waals surface area (Å²) in [6.45, 7) is -0.346. The van der Waals surface area contributed by atoms with Crippen LogP contribution in [-0.2, 0) is 4.79 Å². The van der Waals surface area contributed by atoms with Gasteiger partial charge in [0.15, 0.2) is 6.54 Å². The maximum absolute atomic E-state index is 11.4. The van der Waals surface area contributed by atoms with Crippen LogP contribution in [0.5, 0.6) is 0 Å². The molecule has 0 radical (unpaired) electrons. The molecule has 0 saturated heterocycles. The van der Waals surface area contributed by atoms with Crippen LogP contribution in [0.3, 0.4) is 0 Å². The van der Waals surface area contributed by atoms with Gasteiger partial charge in [-0.3, -0.25) is 4.79 Å². The molecule has 0 heterocycles. The van der Waals surface area contributed by atoms with Gasteiger partial charge in [0.25, 0.3) is 5.91 Å². The number of rotatable bonds is 3. The van der Waals surface area contributed by atoms with E-state index < -0.39 is 11.9 Å². The van der Waals surface area contributed by atoms with Crippen LogP contribution in [0.25, 0.3) is 0 Å². The third-order valence-corrected chi connectivity index (χ3v) is 2.15. The fourth-order valence-corrected chi connectivity index (χ4v) is 1.30. The molecule has 4 nitrogen and oxygen atoms in total. The number of halogens is 2. The van der Waals surface area contributed by atoms with E-state index in [2.05, 4.69) is 5.32 Å². The average Bonchev–Trinajstić information content (AvgIpc) is 2.18. The summed E-state index contributed by atoms with van der Waals surface area (Å²) in [6.07, 6.45) is 0. The van der Waals surface area contributed by atoms with E-state index in [0.717, 1.165) is 0 Å². The number of amides is 1. The quantitative estimate of drug-likeness (QED) is 0.811. The minimum Gasteiger partial charge on any atom is -0.563 e. The normalized spacial score (nSPS) is 9.73. The molecule has 1 rings (SSSR count). The summed E-state index contributed by atoms with van der Waals surface area (Å²) in [6, 6.07) is 4.44. The first-order valence-corrected chi connectivity index (χ1v) is 4.74. The molecule has 0 fully saturated rings. The van der Waals surface area contributed by atoms with Gasteiger partial charge in [0.1, 0.15) is 0 Å². The number of carbonyl (C=O) groups excluding carboxylic acids is 2. The zero-order valence-electron chi connectivity index (χ0n) is 7.51. The van der Waals surface area contributed by atoms with Crippen LogP contribution >= 0.6 is 23.2 Å². The topological polar surface area (TPSA) is 69.1 Å². The van der Waals surface area contributed by atoms with Gasteiger partial charge in [-0.05, 0) is 18.2 Å². The summed E-state index contributed by atoms with van der Waals surface area (Å²) in [5.41, 5.74) is 0.186. The van der Waals surface area contributed by atoms with Gasteiger partial charge in [-0.15, -0.1) is 0 Å². The maximum atomic E-state index is 11.4. The smallest absolute Gasteiger partial charge is 0.535 e. The minimum atomic E-state index is -0.874. The van der Waals surface area contributed by atoms with Crippen molar-refractivity contribution in [2.75, 3.05) is 6.54 Å². The monoisotopic (exact) mass is 248 g/mol. The molecule has 1 aromatic rings. The summed E-state index contributed by atoms with van der Waals surface area (Å²) in [5.74, 6) is -1.40. The van der Waals surface area contributed by atoms with Crippen molar-refractivity contribution in [3.8, 4) is 0 Å². The van der Waals surface area contributed by atoms with Crippen LogP contribution in [0.4, 0.5) is 0 Å². The highest BCUT2D eigenvalue weighted by Crippen LogP contribution is 2.20. The minimum absolute atomic E-state index is 0.186. The molecule has 15 heavy (non-hydrogen) atoms. The molecule has 80 valence electrons. The second-order valence-corrected chi connectivity index (χ2v) is 3.57.